The number of aromatic nitrogens is 1. The summed E-state index contributed by atoms with van der Waals surface area (Å²) in [5, 5.41) is 0.748. The Morgan fingerprint density at radius 3 is 2.55 bits per heavy atom. The quantitative estimate of drug-likeness (QED) is 0.357. The minimum Gasteiger partial charge on any atom is -0.493 e. The predicted octanol–water partition coefficient (Wildman–Crippen LogP) is 5.74. The molecule has 42 heavy (non-hydrogen) atoms. The van der Waals surface area contributed by atoms with Crippen LogP contribution in [0.5, 0.6) is 11.5 Å². The third-order valence-electron chi connectivity index (χ3n) is 7.83. The van der Waals surface area contributed by atoms with E-state index in [9.17, 15) is 9.59 Å². The summed E-state index contributed by atoms with van der Waals surface area (Å²) in [7, 11) is 4.67. The number of carbonyl (C=O) groups excluding carboxylic acids is 2. The molecule has 0 N–H and O–H groups in total. The fourth-order valence-corrected chi connectivity index (χ4v) is 5.83. The van der Waals surface area contributed by atoms with Gasteiger partial charge in [-0.15, -0.1) is 0 Å². The first-order valence-corrected chi connectivity index (χ1v) is 14.8. The largest absolute Gasteiger partial charge is 0.493 e. The molecule has 0 radical (unpaired) electrons. The number of likely N-dealkylation sites (tertiary alicyclic amines) is 1. The average Bonchev–Trinajstić information content (AvgIpc) is 3.43. The van der Waals surface area contributed by atoms with Crippen molar-refractivity contribution in [2.75, 3.05) is 41.0 Å². The Bertz CT molecular complexity index is 1280. The summed E-state index contributed by atoms with van der Waals surface area (Å²) in [6.45, 7) is 4.33. The van der Waals surface area contributed by atoms with Gasteiger partial charge in [0, 0.05) is 42.0 Å². The van der Waals surface area contributed by atoms with Crippen LogP contribution in [0.4, 0.5) is 0 Å². The molecule has 1 amide bonds. The van der Waals surface area contributed by atoms with Crippen LogP contribution >= 0.6 is 11.6 Å². The van der Waals surface area contributed by atoms with Crippen molar-refractivity contribution >= 4 is 23.5 Å². The lowest BCUT2D eigenvalue weighted by atomic mass is 9.89. The van der Waals surface area contributed by atoms with E-state index < -0.39 is 0 Å². The van der Waals surface area contributed by atoms with Gasteiger partial charge in [-0.05, 0) is 49.1 Å². The number of fused-ring (bicyclic) bond motifs is 3. The molecule has 2 aliphatic heterocycles. The average molecular weight is 601 g/mol. The van der Waals surface area contributed by atoms with E-state index in [0.717, 1.165) is 54.2 Å². The molecular formula is C32H41ClN2O7. The molecular weight excluding hydrogens is 560 g/mol. The van der Waals surface area contributed by atoms with Crippen LogP contribution < -0.4 is 9.47 Å². The maximum Gasteiger partial charge on any atom is 0.307 e. The van der Waals surface area contributed by atoms with Gasteiger partial charge in [0.1, 0.15) is 6.10 Å². The number of ether oxygens (including phenoxy) is 5. The molecule has 3 aliphatic rings. The number of hydrogen-bond acceptors (Lipinski definition) is 7. The zero-order valence-electron chi connectivity index (χ0n) is 24.8. The second-order valence-electron chi connectivity index (χ2n) is 10.3. The summed E-state index contributed by atoms with van der Waals surface area (Å²) >= 11 is 6.34. The lowest BCUT2D eigenvalue weighted by molar-refractivity contribution is -0.142. The van der Waals surface area contributed by atoms with Gasteiger partial charge < -0.3 is 33.2 Å². The van der Waals surface area contributed by atoms with Crippen LogP contribution in [-0.4, -0.2) is 68.5 Å². The molecule has 10 heteroatoms. The molecule has 1 saturated heterocycles. The number of halogens is 1. The molecule has 1 unspecified atom stereocenters. The molecule has 1 aliphatic carbocycles. The van der Waals surface area contributed by atoms with Crippen LogP contribution in [0.2, 0.25) is 0 Å². The van der Waals surface area contributed by atoms with Gasteiger partial charge in [-0.1, -0.05) is 36.7 Å². The van der Waals surface area contributed by atoms with Gasteiger partial charge in [0.15, 0.2) is 11.5 Å². The molecule has 1 aromatic heterocycles. The van der Waals surface area contributed by atoms with Crippen molar-refractivity contribution in [2.45, 2.75) is 63.9 Å². The zero-order chi connectivity index (χ0) is 30.1. The number of esters is 1. The third-order valence-corrected chi connectivity index (χ3v) is 8.09. The van der Waals surface area contributed by atoms with Crippen LogP contribution in [0, 0.1) is 0 Å². The first-order valence-electron chi connectivity index (χ1n) is 14.4. The van der Waals surface area contributed by atoms with Gasteiger partial charge in [0.05, 0.1) is 53.1 Å². The van der Waals surface area contributed by atoms with Crippen LogP contribution in [0.3, 0.4) is 0 Å². The van der Waals surface area contributed by atoms with E-state index in [-0.39, 0.29) is 30.1 Å². The van der Waals surface area contributed by atoms with Crippen molar-refractivity contribution in [3.8, 4) is 11.5 Å². The maximum absolute atomic E-state index is 11.4. The van der Waals surface area contributed by atoms with Gasteiger partial charge in [0.25, 0.3) is 0 Å². The van der Waals surface area contributed by atoms with Crippen LogP contribution in [0.1, 0.15) is 62.4 Å². The highest BCUT2D eigenvalue weighted by Gasteiger charge is 2.34. The molecule has 2 aromatic rings. The summed E-state index contributed by atoms with van der Waals surface area (Å²) in [5.74, 6) is 1.36. The van der Waals surface area contributed by atoms with Gasteiger partial charge in [-0.3, -0.25) is 9.59 Å². The normalized spacial score (nSPS) is 20.1. The molecule has 9 nitrogen and oxygen atoms in total. The Balaban J connectivity index is 0.000000209. The first kappa shape index (κ1) is 31.7. The summed E-state index contributed by atoms with van der Waals surface area (Å²) in [5.41, 5.74) is 3.25. The predicted molar refractivity (Wildman–Crippen MR) is 160 cm³/mol. The molecule has 2 atom stereocenters. The SMILES string of the molecule is CCC(=O)N1CCC(OCCC(=O)OC)CC1.COc1cccc([C@H]2OCc3cccn3C3CC=C(Cl)C=C32)c1OC. The minimum atomic E-state index is -0.247. The van der Waals surface area contributed by atoms with Crippen molar-refractivity contribution in [3.05, 3.63) is 70.5 Å². The Morgan fingerprint density at radius 2 is 1.86 bits per heavy atom. The second-order valence-corrected chi connectivity index (χ2v) is 10.7. The van der Waals surface area contributed by atoms with Crippen LogP contribution in [0.15, 0.2) is 59.3 Å². The van der Waals surface area contributed by atoms with E-state index in [0.29, 0.717) is 37.6 Å². The Kier molecular flexibility index (Phi) is 11.5. The topological polar surface area (TPSA) is 88.5 Å². The molecule has 1 aromatic carbocycles. The number of allylic oxidation sites excluding steroid dienone is 3. The van der Waals surface area contributed by atoms with Crippen molar-refractivity contribution in [1.82, 2.24) is 9.47 Å². The number of para-hydroxylation sites is 1. The van der Waals surface area contributed by atoms with E-state index in [4.69, 9.17) is 30.5 Å². The standard InChI is InChI=1S/C20H20ClNO3.C12H21NO4/c1-23-18-7-3-6-15(20(18)24-2)19-16-11-13(21)8-9-17(16)22-10-4-5-14(22)12-25-19;1-3-11(14)13-7-4-10(5-8-13)17-9-6-12(15)16-2/h3-8,10-11,17,19H,9,12H2,1-2H3;10H,3-9H2,1-2H3/t17?,19-;/m1./s1. The van der Waals surface area contributed by atoms with Gasteiger partial charge >= 0.3 is 5.97 Å². The fourth-order valence-electron chi connectivity index (χ4n) is 5.61. The number of piperidine rings is 1. The Labute approximate surface area is 252 Å². The number of rotatable bonds is 8. The number of benzene rings is 1. The third kappa shape index (κ3) is 7.56. The van der Waals surface area contributed by atoms with E-state index in [1.807, 2.05) is 36.1 Å². The highest BCUT2D eigenvalue weighted by molar-refractivity contribution is 6.31. The van der Waals surface area contributed by atoms with Crippen LogP contribution in [0.25, 0.3) is 0 Å². The van der Waals surface area contributed by atoms with E-state index in [1.54, 1.807) is 14.2 Å². The summed E-state index contributed by atoms with van der Waals surface area (Å²) < 4.78 is 29.8. The Hall–Kier alpha value is -3.27. The van der Waals surface area contributed by atoms with Gasteiger partial charge in [0.2, 0.25) is 5.91 Å². The Morgan fingerprint density at radius 1 is 1.07 bits per heavy atom. The van der Waals surface area contributed by atoms with Crippen molar-refractivity contribution in [3.63, 3.8) is 0 Å². The molecule has 0 spiro atoms. The number of carbonyl (C=O) groups is 2. The molecule has 228 valence electrons. The number of methoxy groups -OCH3 is 3. The van der Waals surface area contributed by atoms with E-state index >= 15 is 0 Å². The number of nitrogens with zero attached hydrogens (tertiary/aromatic N) is 2. The minimum absolute atomic E-state index is 0.167. The lowest BCUT2D eigenvalue weighted by Crippen LogP contribution is -2.40. The smallest absolute Gasteiger partial charge is 0.307 e. The lowest BCUT2D eigenvalue weighted by Gasteiger charge is -2.31. The zero-order valence-corrected chi connectivity index (χ0v) is 25.6. The van der Waals surface area contributed by atoms with E-state index in [2.05, 4.69) is 33.7 Å². The molecule has 0 bridgehead atoms. The van der Waals surface area contributed by atoms with Crippen molar-refractivity contribution in [2.24, 2.45) is 0 Å². The van der Waals surface area contributed by atoms with Gasteiger partial charge in [-0.25, -0.2) is 0 Å². The van der Waals surface area contributed by atoms with Crippen molar-refractivity contribution < 1.29 is 33.3 Å². The first-order chi connectivity index (χ1) is 20.4. The summed E-state index contributed by atoms with van der Waals surface area (Å²) in [6.07, 6.45) is 9.53. The summed E-state index contributed by atoms with van der Waals surface area (Å²) in [6, 6.07) is 10.2. The second kappa shape index (κ2) is 15.3. The van der Waals surface area contributed by atoms with E-state index in [1.165, 1.54) is 7.11 Å². The highest BCUT2D eigenvalue weighted by Crippen LogP contribution is 2.47. The van der Waals surface area contributed by atoms with Crippen LogP contribution in [-0.2, 0) is 30.4 Å². The maximum atomic E-state index is 11.4. The molecule has 5 rings (SSSR count). The number of amides is 1. The van der Waals surface area contributed by atoms with Crippen molar-refractivity contribution in [1.29, 1.82) is 0 Å². The highest BCUT2D eigenvalue weighted by atomic mass is 35.5. The number of hydrogen-bond donors (Lipinski definition) is 0. The monoisotopic (exact) mass is 600 g/mol. The molecule has 0 saturated carbocycles. The summed E-state index contributed by atoms with van der Waals surface area (Å²) in [4.78, 5) is 24.2. The fraction of sp³-hybridized carbons (Fsp3) is 0.500. The molecule has 3 heterocycles. The van der Waals surface area contributed by atoms with Gasteiger partial charge in [-0.2, -0.15) is 0 Å². The molecule has 1 fully saturated rings.